The maximum Gasteiger partial charge on any atom is 0.158 e. The minimum absolute atomic E-state index is 0.547. The van der Waals surface area contributed by atoms with Gasteiger partial charge in [0.25, 0.3) is 0 Å². The molecule has 0 saturated heterocycles. The molecule has 0 bridgehead atoms. The van der Waals surface area contributed by atoms with Crippen LogP contribution in [0.1, 0.15) is 36.8 Å². The van der Waals surface area contributed by atoms with Crippen molar-refractivity contribution in [2.45, 2.75) is 43.9 Å². The quantitative estimate of drug-likeness (QED) is 0.813. The number of halogens is 1. The van der Waals surface area contributed by atoms with Crippen LogP contribution in [-0.2, 0) is 13.5 Å². The van der Waals surface area contributed by atoms with Crippen LogP contribution in [0.15, 0.2) is 0 Å². The molecule has 0 N–H and O–H groups in total. The largest absolute Gasteiger partial charge is 0.310 e. The van der Waals surface area contributed by atoms with Gasteiger partial charge in [0.1, 0.15) is 11.3 Å². The van der Waals surface area contributed by atoms with Crippen molar-refractivity contribution < 1.29 is 0 Å². The van der Waals surface area contributed by atoms with E-state index in [1.54, 1.807) is 0 Å². The molecule has 4 nitrogen and oxygen atoms in total. The Kier molecular flexibility index (Phi) is 4.00. The van der Waals surface area contributed by atoms with Crippen LogP contribution in [0, 0.1) is 6.92 Å². The van der Waals surface area contributed by atoms with Crippen molar-refractivity contribution in [3.8, 4) is 0 Å². The number of nitrogens with zero attached hydrogens (tertiary/aromatic N) is 4. The Balaban J connectivity index is 2.09. The third kappa shape index (κ3) is 2.25. The van der Waals surface area contributed by atoms with E-state index >= 15 is 0 Å². The van der Waals surface area contributed by atoms with E-state index in [4.69, 9.17) is 16.6 Å². The van der Waals surface area contributed by atoms with Gasteiger partial charge in [-0.3, -0.25) is 4.68 Å². The fraction of sp³-hybridized carbons (Fsp3) is 0.714. The lowest BCUT2D eigenvalue weighted by Crippen LogP contribution is -2.13. The highest BCUT2D eigenvalue weighted by atomic mass is 35.5. The van der Waals surface area contributed by atoms with E-state index in [9.17, 15) is 0 Å². The number of thioether (sulfide) groups is 1. The molecule has 0 amide bonds. The second-order valence-electron chi connectivity index (χ2n) is 5.54. The Hall–Kier alpha value is -0.680. The summed E-state index contributed by atoms with van der Waals surface area (Å²) in [4.78, 5) is 4.81. The summed E-state index contributed by atoms with van der Waals surface area (Å²) >= 11 is 7.95. The van der Waals surface area contributed by atoms with Crippen molar-refractivity contribution in [2.75, 3.05) is 12.1 Å². The summed E-state index contributed by atoms with van der Waals surface area (Å²) in [6, 6.07) is 0.547. The Morgan fingerprint density at radius 1 is 1.40 bits per heavy atom. The van der Waals surface area contributed by atoms with E-state index in [-0.39, 0.29) is 0 Å². The number of fused-ring (bicyclic) bond motifs is 1. The fourth-order valence-corrected chi connectivity index (χ4v) is 4.31. The standard InChI is InChI=1S/C14H21ClN4S/c1-9-13-14(18(2)17-9)19(12(16-13)6-7-15)10-4-5-11(8-10)20-3/h10-11H,4-8H2,1-3H3. The lowest BCUT2D eigenvalue weighted by atomic mass is 10.2. The average molecular weight is 313 g/mol. The van der Waals surface area contributed by atoms with Gasteiger partial charge in [-0.15, -0.1) is 11.6 Å². The molecule has 20 heavy (non-hydrogen) atoms. The Bertz CT molecular complexity index is 618. The zero-order chi connectivity index (χ0) is 14.3. The first-order chi connectivity index (χ1) is 9.65. The molecule has 3 rings (SSSR count). The Labute approximate surface area is 128 Å². The minimum Gasteiger partial charge on any atom is -0.310 e. The van der Waals surface area contributed by atoms with Crippen LogP contribution in [0.4, 0.5) is 0 Å². The number of rotatable bonds is 4. The lowest BCUT2D eigenvalue weighted by molar-refractivity contribution is 0.502. The zero-order valence-electron chi connectivity index (χ0n) is 12.3. The maximum absolute atomic E-state index is 5.96. The molecule has 2 aromatic rings. The van der Waals surface area contributed by atoms with Gasteiger partial charge < -0.3 is 4.57 Å². The van der Waals surface area contributed by atoms with Gasteiger partial charge >= 0.3 is 0 Å². The summed E-state index contributed by atoms with van der Waals surface area (Å²) in [6.45, 7) is 2.03. The molecule has 110 valence electrons. The van der Waals surface area contributed by atoms with Gasteiger partial charge in [0.05, 0.1) is 5.69 Å². The molecule has 0 spiro atoms. The topological polar surface area (TPSA) is 35.6 Å². The first-order valence-corrected chi connectivity index (χ1v) is 8.97. The third-order valence-corrected chi connectivity index (χ3v) is 5.57. The van der Waals surface area contributed by atoms with Crippen LogP contribution in [-0.4, -0.2) is 36.7 Å². The molecule has 2 heterocycles. The summed E-state index contributed by atoms with van der Waals surface area (Å²) in [5.74, 6) is 1.74. The zero-order valence-corrected chi connectivity index (χ0v) is 13.8. The summed E-state index contributed by atoms with van der Waals surface area (Å²) in [5, 5.41) is 5.29. The molecule has 1 aliphatic rings. The van der Waals surface area contributed by atoms with Gasteiger partial charge in [-0.2, -0.15) is 16.9 Å². The van der Waals surface area contributed by atoms with Gasteiger partial charge in [-0.25, -0.2) is 4.98 Å². The van der Waals surface area contributed by atoms with Gasteiger partial charge in [-0.05, 0) is 32.4 Å². The molecule has 6 heteroatoms. The van der Waals surface area contributed by atoms with Crippen LogP contribution in [0.25, 0.3) is 11.2 Å². The van der Waals surface area contributed by atoms with E-state index < -0.39 is 0 Å². The molecule has 2 atom stereocenters. The molecule has 2 unspecified atom stereocenters. The average Bonchev–Trinajstić information content (AvgIpc) is 3.07. The molecule has 0 aliphatic heterocycles. The minimum atomic E-state index is 0.547. The number of hydrogen-bond acceptors (Lipinski definition) is 3. The first-order valence-electron chi connectivity index (χ1n) is 7.14. The monoisotopic (exact) mass is 312 g/mol. The molecular formula is C14H21ClN4S. The SMILES string of the molecule is CSC1CCC(n2c(CCCl)nc3c(C)nn(C)c32)C1. The first kappa shape index (κ1) is 14.3. The highest BCUT2D eigenvalue weighted by Crippen LogP contribution is 2.38. The molecule has 0 aromatic carbocycles. The predicted molar refractivity (Wildman–Crippen MR) is 85.9 cm³/mol. The smallest absolute Gasteiger partial charge is 0.158 e. The molecule has 1 fully saturated rings. The second-order valence-corrected chi connectivity index (χ2v) is 7.06. The van der Waals surface area contributed by atoms with E-state index in [1.165, 1.54) is 19.3 Å². The van der Waals surface area contributed by atoms with Crippen LogP contribution < -0.4 is 0 Å². The molecular weight excluding hydrogens is 292 g/mol. The number of aromatic nitrogens is 4. The fourth-order valence-electron chi connectivity index (χ4n) is 3.35. The summed E-state index contributed by atoms with van der Waals surface area (Å²) in [6.07, 6.45) is 6.80. The predicted octanol–water partition coefficient (Wildman–Crippen LogP) is 3.32. The molecule has 2 aromatic heterocycles. The lowest BCUT2D eigenvalue weighted by Gasteiger charge is -2.16. The van der Waals surface area contributed by atoms with Crippen molar-refractivity contribution in [3.63, 3.8) is 0 Å². The van der Waals surface area contributed by atoms with Crippen molar-refractivity contribution in [2.24, 2.45) is 7.05 Å². The number of imidazole rings is 1. The molecule has 1 saturated carbocycles. The Morgan fingerprint density at radius 2 is 2.20 bits per heavy atom. The Morgan fingerprint density at radius 3 is 2.85 bits per heavy atom. The summed E-state index contributed by atoms with van der Waals surface area (Å²) in [5.41, 5.74) is 3.21. The summed E-state index contributed by atoms with van der Waals surface area (Å²) in [7, 11) is 2.01. The van der Waals surface area contributed by atoms with Gasteiger partial charge in [0.15, 0.2) is 5.65 Å². The van der Waals surface area contributed by atoms with Crippen molar-refractivity contribution in [1.82, 2.24) is 19.3 Å². The van der Waals surface area contributed by atoms with Gasteiger partial charge in [-0.1, -0.05) is 0 Å². The van der Waals surface area contributed by atoms with Crippen molar-refractivity contribution in [1.29, 1.82) is 0 Å². The van der Waals surface area contributed by atoms with Gasteiger partial charge in [0, 0.05) is 30.6 Å². The van der Waals surface area contributed by atoms with Crippen LogP contribution >= 0.6 is 23.4 Å². The van der Waals surface area contributed by atoms with Crippen LogP contribution in [0.2, 0.25) is 0 Å². The van der Waals surface area contributed by atoms with Crippen molar-refractivity contribution in [3.05, 3.63) is 11.5 Å². The summed E-state index contributed by atoms with van der Waals surface area (Å²) < 4.78 is 4.38. The van der Waals surface area contributed by atoms with Crippen molar-refractivity contribution >= 4 is 34.5 Å². The molecule has 0 radical (unpaired) electrons. The van der Waals surface area contributed by atoms with Crippen LogP contribution in [0.3, 0.4) is 0 Å². The maximum atomic E-state index is 5.96. The third-order valence-electron chi connectivity index (χ3n) is 4.28. The van der Waals surface area contributed by atoms with E-state index in [2.05, 4.69) is 15.9 Å². The second kappa shape index (κ2) is 5.60. The highest BCUT2D eigenvalue weighted by Gasteiger charge is 2.29. The van der Waals surface area contributed by atoms with Crippen LogP contribution in [0.5, 0.6) is 0 Å². The number of alkyl halides is 1. The highest BCUT2D eigenvalue weighted by molar-refractivity contribution is 7.99. The number of aryl methyl sites for hydroxylation is 3. The van der Waals surface area contributed by atoms with E-state index in [0.717, 1.165) is 34.4 Å². The normalized spacial score (nSPS) is 23.0. The molecule has 1 aliphatic carbocycles. The van der Waals surface area contributed by atoms with E-state index in [0.29, 0.717) is 11.9 Å². The van der Waals surface area contributed by atoms with E-state index in [1.807, 2.05) is 30.4 Å². The van der Waals surface area contributed by atoms with Gasteiger partial charge in [0.2, 0.25) is 0 Å². The number of hydrogen-bond donors (Lipinski definition) is 0.